The van der Waals surface area contributed by atoms with Crippen LogP contribution >= 0.6 is 0 Å². The summed E-state index contributed by atoms with van der Waals surface area (Å²) in [7, 11) is 0. The maximum atomic E-state index is 2.42. The normalized spacial score (nSPS) is 14.4. The van der Waals surface area contributed by atoms with Crippen LogP contribution in [0.3, 0.4) is 0 Å². The molecule has 0 saturated carbocycles. The van der Waals surface area contributed by atoms with Crippen molar-refractivity contribution in [2.24, 2.45) is 0 Å². The molecule has 0 heterocycles. The molecule has 0 fully saturated rings. The maximum absolute atomic E-state index is 2.42. The van der Waals surface area contributed by atoms with Crippen molar-refractivity contribution < 1.29 is 0 Å². The summed E-state index contributed by atoms with van der Waals surface area (Å²) in [6.07, 6.45) is 0. The van der Waals surface area contributed by atoms with Crippen molar-refractivity contribution in [1.82, 2.24) is 0 Å². The Bertz CT molecular complexity index is 2410. The molecule has 0 amide bonds. The summed E-state index contributed by atoms with van der Waals surface area (Å²) in [5.74, 6) is 0. The van der Waals surface area contributed by atoms with Crippen LogP contribution in [-0.4, -0.2) is 0 Å². The van der Waals surface area contributed by atoms with Gasteiger partial charge in [-0.2, -0.15) is 0 Å². The fraction of sp³-hybridized carbons (Fsp3) is 0.143. The maximum Gasteiger partial charge on any atom is 0.0465 e. The van der Waals surface area contributed by atoms with E-state index in [0.717, 1.165) is 17.1 Å². The SMILES string of the molecule is Cc1ccc2c(c1)C(C)(C)c1cc(-c3ccc(N(c4ccc(-c5ccccc5)cc4)c4ccc5c(c4)C(C)(C)c4ccccc4-5)cc3)ccc1-2. The molecule has 0 unspecified atom stereocenters. The second-order valence-electron chi connectivity index (χ2n) is 15.1. The molecule has 9 rings (SSSR count). The summed E-state index contributed by atoms with van der Waals surface area (Å²) < 4.78 is 0. The third-order valence-corrected chi connectivity index (χ3v) is 11.3. The van der Waals surface area contributed by atoms with Gasteiger partial charge in [0.1, 0.15) is 0 Å². The Morgan fingerprint density at radius 3 is 1.46 bits per heavy atom. The van der Waals surface area contributed by atoms with Crippen molar-refractivity contribution in [2.75, 3.05) is 4.90 Å². The smallest absolute Gasteiger partial charge is 0.0465 e. The first-order valence-corrected chi connectivity index (χ1v) is 17.8. The highest BCUT2D eigenvalue weighted by Gasteiger charge is 2.37. The van der Waals surface area contributed by atoms with Crippen LogP contribution in [0.4, 0.5) is 17.1 Å². The van der Waals surface area contributed by atoms with E-state index in [1.807, 2.05) is 0 Å². The molecule has 0 spiro atoms. The van der Waals surface area contributed by atoms with Crippen LogP contribution in [0.5, 0.6) is 0 Å². The Labute approximate surface area is 296 Å². The van der Waals surface area contributed by atoms with E-state index < -0.39 is 0 Å². The number of aryl methyl sites for hydroxylation is 1. The van der Waals surface area contributed by atoms with E-state index in [1.165, 1.54) is 72.3 Å². The van der Waals surface area contributed by atoms with Crippen molar-refractivity contribution in [1.29, 1.82) is 0 Å². The molecule has 0 atom stereocenters. The van der Waals surface area contributed by atoms with E-state index in [9.17, 15) is 0 Å². The Hall–Kier alpha value is -5.66. The predicted octanol–water partition coefficient (Wildman–Crippen LogP) is 13.4. The van der Waals surface area contributed by atoms with E-state index in [2.05, 4.69) is 197 Å². The summed E-state index contributed by atoms with van der Waals surface area (Å²) in [5, 5.41) is 0. The number of hydrogen-bond acceptors (Lipinski definition) is 1. The van der Waals surface area contributed by atoms with Gasteiger partial charge in [-0.15, -0.1) is 0 Å². The summed E-state index contributed by atoms with van der Waals surface area (Å²) in [6, 6.07) is 58.6. The van der Waals surface area contributed by atoms with E-state index in [1.54, 1.807) is 0 Å². The molecule has 1 nitrogen and oxygen atoms in total. The van der Waals surface area contributed by atoms with Gasteiger partial charge >= 0.3 is 0 Å². The molecule has 0 radical (unpaired) electrons. The average Bonchev–Trinajstić information content (AvgIpc) is 3.51. The zero-order chi connectivity index (χ0) is 34.2. The molecule has 7 aromatic rings. The molecule has 2 aliphatic carbocycles. The topological polar surface area (TPSA) is 3.24 Å². The van der Waals surface area contributed by atoms with Gasteiger partial charge in [-0.3, -0.25) is 0 Å². The van der Waals surface area contributed by atoms with Gasteiger partial charge in [-0.1, -0.05) is 149 Å². The number of anilines is 3. The van der Waals surface area contributed by atoms with Gasteiger partial charge in [0.25, 0.3) is 0 Å². The zero-order valence-corrected chi connectivity index (χ0v) is 29.5. The molecule has 242 valence electrons. The molecular formula is C49H41N. The number of nitrogens with zero attached hydrogens (tertiary/aromatic N) is 1. The Kier molecular flexibility index (Phi) is 6.80. The molecule has 0 aromatic heterocycles. The van der Waals surface area contributed by atoms with Crippen LogP contribution in [0.2, 0.25) is 0 Å². The van der Waals surface area contributed by atoms with Gasteiger partial charge in [0.2, 0.25) is 0 Å². The molecular weight excluding hydrogens is 603 g/mol. The first-order valence-electron chi connectivity index (χ1n) is 17.8. The van der Waals surface area contributed by atoms with Gasteiger partial charge in [-0.05, 0) is 116 Å². The lowest BCUT2D eigenvalue weighted by molar-refractivity contribution is 0.660. The Balaban J connectivity index is 1.12. The van der Waals surface area contributed by atoms with Crippen molar-refractivity contribution in [2.45, 2.75) is 45.4 Å². The van der Waals surface area contributed by atoms with Crippen LogP contribution in [0.1, 0.15) is 55.5 Å². The number of rotatable bonds is 5. The molecule has 0 N–H and O–H groups in total. The minimum absolute atomic E-state index is 0.0314. The number of fused-ring (bicyclic) bond motifs is 6. The second kappa shape index (κ2) is 11.2. The van der Waals surface area contributed by atoms with Gasteiger partial charge < -0.3 is 4.90 Å². The molecule has 7 aromatic carbocycles. The van der Waals surface area contributed by atoms with Gasteiger partial charge in [0.05, 0.1) is 0 Å². The lowest BCUT2D eigenvalue weighted by atomic mass is 9.81. The predicted molar refractivity (Wildman–Crippen MR) is 212 cm³/mol. The van der Waals surface area contributed by atoms with E-state index >= 15 is 0 Å². The van der Waals surface area contributed by atoms with Crippen LogP contribution < -0.4 is 4.90 Å². The quantitative estimate of drug-likeness (QED) is 0.180. The second-order valence-corrected chi connectivity index (χ2v) is 15.1. The standard InChI is InChI=1S/C49H41N/c1-32-15-26-41-42-27-20-36(30-46(42)49(4,5)45(41)29-32)35-18-23-38(24-19-35)50(37-21-16-34(17-22-37)33-11-7-6-8-12-33)39-25-28-43-40-13-9-10-14-44(40)48(2,3)47(43)31-39/h6-31H,1-5H3. The van der Waals surface area contributed by atoms with Gasteiger partial charge in [0.15, 0.2) is 0 Å². The third-order valence-electron chi connectivity index (χ3n) is 11.3. The number of benzene rings is 7. The number of hydrogen-bond donors (Lipinski definition) is 0. The van der Waals surface area contributed by atoms with Crippen molar-refractivity contribution >= 4 is 17.1 Å². The highest BCUT2D eigenvalue weighted by Crippen LogP contribution is 2.52. The first kappa shape index (κ1) is 30.4. The highest BCUT2D eigenvalue weighted by atomic mass is 15.1. The monoisotopic (exact) mass is 643 g/mol. The molecule has 0 bridgehead atoms. The van der Waals surface area contributed by atoms with Gasteiger partial charge in [0, 0.05) is 27.9 Å². The molecule has 0 aliphatic heterocycles. The van der Waals surface area contributed by atoms with Crippen molar-refractivity contribution in [3.8, 4) is 44.5 Å². The largest absolute Gasteiger partial charge is 0.310 e. The average molecular weight is 644 g/mol. The summed E-state index contributed by atoms with van der Waals surface area (Å²) in [5.41, 5.74) is 20.6. The summed E-state index contributed by atoms with van der Waals surface area (Å²) in [4.78, 5) is 2.41. The van der Waals surface area contributed by atoms with Crippen molar-refractivity contribution in [3.05, 3.63) is 186 Å². The van der Waals surface area contributed by atoms with Crippen LogP contribution in [-0.2, 0) is 10.8 Å². The lowest BCUT2D eigenvalue weighted by Crippen LogP contribution is -2.16. The lowest BCUT2D eigenvalue weighted by Gasteiger charge is -2.28. The van der Waals surface area contributed by atoms with E-state index in [4.69, 9.17) is 0 Å². The van der Waals surface area contributed by atoms with Crippen LogP contribution in [0.25, 0.3) is 44.5 Å². The highest BCUT2D eigenvalue weighted by molar-refractivity contribution is 5.87. The van der Waals surface area contributed by atoms with Gasteiger partial charge in [-0.25, -0.2) is 0 Å². The Morgan fingerprint density at radius 2 is 0.780 bits per heavy atom. The summed E-state index contributed by atoms with van der Waals surface area (Å²) >= 11 is 0. The fourth-order valence-corrected chi connectivity index (χ4v) is 8.55. The summed E-state index contributed by atoms with van der Waals surface area (Å²) in [6.45, 7) is 11.6. The molecule has 1 heteroatoms. The fourth-order valence-electron chi connectivity index (χ4n) is 8.55. The minimum Gasteiger partial charge on any atom is -0.310 e. The van der Waals surface area contributed by atoms with Crippen molar-refractivity contribution in [3.63, 3.8) is 0 Å². The van der Waals surface area contributed by atoms with Crippen LogP contribution in [0.15, 0.2) is 158 Å². The first-order chi connectivity index (χ1) is 24.2. The molecule has 50 heavy (non-hydrogen) atoms. The van der Waals surface area contributed by atoms with E-state index in [-0.39, 0.29) is 10.8 Å². The third kappa shape index (κ3) is 4.68. The molecule has 0 saturated heterocycles. The molecule has 2 aliphatic rings. The Morgan fingerprint density at radius 1 is 0.340 bits per heavy atom. The van der Waals surface area contributed by atoms with E-state index in [0.29, 0.717) is 0 Å². The van der Waals surface area contributed by atoms with Crippen LogP contribution in [0, 0.1) is 6.92 Å². The zero-order valence-electron chi connectivity index (χ0n) is 29.5. The minimum atomic E-state index is -0.0751.